The number of hydrogen-bond acceptors (Lipinski definition) is 5. The van der Waals surface area contributed by atoms with Crippen LogP contribution in [0.2, 0.25) is 0 Å². The van der Waals surface area contributed by atoms with Crippen LogP contribution in [0.4, 0.5) is 0 Å². The average Bonchev–Trinajstić information content (AvgIpc) is 3.28. The van der Waals surface area contributed by atoms with E-state index in [1.54, 1.807) is 18.5 Å². The predicted molar refractivity (Wildman–Crippen MR) is 104 cm³/mol. The first-order valence-corrected chi connectivity index (χ1v) is 9.07. The lowest BCUT2D eigenvalue weighted by Crippen LogP contribution is -2.30. The van der Waals surface area contributed by atoms with Crippen molar-refractivity contribution < 1.29 is 14.3 Å². The zero-order chi connectivity index (χ0) is 19.8. The van der Waals surface area contributed by atoms with Crippen molar-refractivity contribution in [3.63, 3.8) is 0 Å². The Balaban J connectivity index is 1.57. The molecule has 4 rings (SSSR count). The Bertz CT molecular complexity index is 1060. The van der Waals surface area contributed by atoms with Gasteiger partial charge in [0, 0.05) is 11.8 Å². The molecule has 0 fully saturated rings. The van der Waals surface area contributed by atoms with E-state index in [1.807, 2.05) is 30.7 Å². The summed E-state index contributed by atoms with van der Waals surface area (Å²) >= 11 is 0. The molecule has 3 aromatic rings. The number of fused-ring (bicyclic) bond motifs is 1. The third kappa shape index (κ3) is 3.19. The summed E-state index contributed by atoms with van der Waals surface area (Å²) in [6, 6.07) is 7.36. The molecule has 2 aromatic heterocycles. The van der Waals surface area contributed by atoms with Crippen LogP contribution in [0.5, 0.6) is 11.6 Å². The molecule has 1 N–H and O–H groups in total. The number of nitrogens with zero attached hydrogens (tertiary/aromatic N) is 3. The Labute approximate surface area is 163 Å². The van der Waals surface area contributed by atoms with Crippen molar-refractivity contribution in [2.24, 2.45) is 0 Å². The summed E-state index contributed by atoms with van der Waals surface area (Å²) < 4.78 is 12.9. The number of rotatable bonds is 4. The molecule has 1 aliphatic rings. The molecule has 1 amide bonds. The van der Waals surface area contributed by atoms with Crippen LogP contribution < -0.4 is 14.8 Å². The number of amides is 1. The quantitative estimate of drug-likeness (QED) is 0.755. The van der Waals surface area contributed by atoms with E-state index in [4.69, 9.17) is 9.47 Å². The second kappa shape index (κ2) is 6.99. The van der Waals surface area contributed by atoms with E-state index in [9.17, 15) is 4.79 Å². The number of carbonyl (C=O) groups is 1. The van der Waals surface area contributed by atoms with Gasteiger partial charge in [-0.15, -0.1) is 0 Å². The van der Waals surface area contributed by atoms with Crippen LogP contribution in [0.15, 0.2) is 36.8 Å². The molecule has 0 bridgehead atoms. The number of pyridine rings is 1. The zero-order valence-electron chi connectivity index (χ0n) is 16.3. The number of aromatic nitrogens is 3. The lowest BCUT2D eigenvalue weighted by atomic mass is 10.0. The summed E-state index contributed by atoms with van der Waals surface area (Å²) in [6.45, 7) is 6.41. The largest absolute Gasteiger partial charge is 0.491 e. The Kier molecular flexibility index (Phi) is 4.50. The number of aryl methyl sites for hydroxylation is 3. The Morgan fingerprint density at radius 1 is 1.25 bits per heavy atom. The number of methoxy groups -OCH3 is 1. The number of carbonyl (C=O) groups excluding carboxylic acids is 1. The molecule has 144 valence electrons. The van der Waals surface area contributed by atoms with Crippen LogP contribution in [0.1, 0.15) is 38.9 Å². The minimum Gasteiger partial charge on any atom is -0.491 e. The van der Waals surface area contributed by atoms with Gasteiger partial charge >= 0.3 is 0 Å². The van der Waals surface area contributed by atoms with Crippen molar-refractivity contribution in [1.29, 1.82) is 0 Å². The fourth-order valence-corrected chi connectivity index (χ4v) is 3.28. The first-order chi connectivity index (χ1) is 13.5. The maximum atomic E-state index is 12.8. The van der Waals surface area contributed by atoms with Gasteiger partial charge in [-0.2, -0.15) is 0 Å². The molecular formula is C21H22N4O3. The standard InChI is InChI=1S/C21H22N4O3/c1-12-7-15-17(10-28-19(15)8-13(12)2)23-20(26)16-5-6-18(21(24-16)27-4)25-9-14(3)22-11-25/h5-9,11,17H,10H2,1-4H3,(H,23,26)/t17-/m0/s1. The highest BCUT2D eigenvalue weighted by Crippen LogP contribution is 2.34. The molecule has 7 nitrogen and oxygen atoms in total. The van der Waals surface area contributed by atoms with Gasteiger partial charge in [-0.3, -0.25) is 4.79 Å². The van der Waals surface area contributed by atoms with Gasteiger partial charge in [-0.05, 0) is 56.2 Å². The van der Waals surface area contributed by atoms with Gasteiger partial charge in [-0.25, -0.2) is 9.97 Å². The zero-order valence-corrected chi connectivity index (χ0v) is 16.3. The molecule has 28 heavy (non-hydrogen) atoms. The van der Waals surface area contributed by atoms with Gasteiger partial charge in [0.1, 0.15) is 23.7 Å². The van der Waals surface area contributed by atoms with Crippen molar-refractivity contribution in [1.82, 2.24) is 19.9 Å². The number of imidazole rings is 1. The van der Waals surface area contributed by atoms with E-state index in [-0.39, 0.29) is 17.6 Å². The van der Waals surface area contributed by atoms with Crippen molar-refractivity contribution >= 4 is 5.91 Å². The third-order valence-corrected chi connectivity index (χ3v) is 4.97. The molecule has 1 aromatic carbocycles. The van der Waals surface area contributed by atoms with Crippen molar-refractivity contribution in [3.05, 3.63) is 64.9 Å². The Morgan fingerprint density at radius 3 is 2.75 bits per heavy atom. The van der Waals surface area contributed by atoms with E-state index >= 15 is 0 Å². The van der Waals surface area contributed by atoms with Crippen molar-refractivity contribution in [2.45, 2.75) is 26.8 Å². The fraction of sp³-hybridized carbons (Fsp3) is 0.286. The van der Waals surface area contributed by atoms with E-state index in [2.05, 4.69) is 28.3 Å². The summed E-state index contributed by atoms with van der Waals surface area (Å²) in [5.74, 6) is 0.913. The first kappa shape index (κ1) is 18.0. The summed E-state index contributed by atoms with van der Waals surface area (Å²) in [6.07, 6.45) is 3.56. The van der Waals surface area contributed by atoms with E-state index < -0.39 is 0 Å². The number of hydrogen-bond donors (Lipinski definition) is 1. The van der Waals surface area contributed by atoms with Crippen LogP contribution >= 0.6 is 0 Å². The summed E-state index contributed by atoms with van der Waals surface area (Å²) in [5, 5.41) is 3.01. The normalized spacial score (nSPS) is 15.1. The lowest BCUT2D eigenvalue weighted by Gasteiger charge is -2.14. The summed E-state index contributed by atoms with van der Waals surface area (Å²) in [7, 11) is 1.53. The van der Waals surface area contributed by atoms with Crippen molar-refractivity contribution in [3.8, 4) is 17.3 Å². The van der Waals surface area contributed by atoms with Gasteiger partial charge in [0.2, 0.25) is 5.88 Å². The molecule has 1 atom stereocenters. The molecule has 3 heterocycles. The highest BCUT2D eigenvalue weighted by atomic mass is 16.5. The Hall–Kier alpha value is -3.35. The highest BCUT2D eigenvalue weighted by molar-refractivity contribution is 5.93. The number of nitrogens with one attached hydrogen (secondary N) is 1. The van der Waals surface area contributed by atoms with Crippen molar-refractivity contribution in [2.75, 3.05) is 13.7 Å². The van der Waals surface area contributed by atoms with Gasteiger partial charge < -0.3 is 19.4 Å². The van der Waals surface area contributed by atoms with Gasteiger partial charge in [0.05, 0.1) is 25.2 Å². The molecule has 0 radical (unpaired) electrons. The topological polar surface area (TPSA) is 78.3 Å². The second-order valence-electron chi connectivity index (χ2n) is 6.96. The van der Waals surface area contributed by atoms with Crippen LogP contribution in [0, 0.1) is 20.8 Å². The maximum absolute atomic E-state index is 12.8. The minimum atomic E-state index is -0.272. The maximum Gasteiger partial charge on any atom is 0.270 e. The van der Waals surface area contributed by atoms with E-state index in [0.717, 1.165) is 22.7 Å². The molecular weight excluding hydrogens is 356 g/mol. The van der Waals surface area contributed by atoms with E-state index in [0.29, 0.717) is 12.5 Å². The molecule has 0 saturated carbocycles. The van der Waals surface area contributed by atoms with Crippen LogP contribution in [0.3, 0.4) is 0 Å². The molecule has 0 spiro atoms. The van der Waals surface area contributed by atoms with Crippen LogP contribution in [-0.2, 0) is 0 Å². The minimum absolute atomic E-state index is 0.203. The molecule has 7 heteroatoms. The fourth-order valence-electron chi connectivity index (χ4n) is 3.28. The van der Waals surface area contributed by atoms with E-state index in [1.165, 1.54) is 18.2 Å². The van der Waals surface area contributed by atoms with Gasteiger partial charge in [-0.1, -0.05) is 0 Å². The van der Waals surface area contributed by atoms with Crippen LogP contribution in [-0.4, -0.2) is 34.2 Å². The molecule has 0 unspecified atom stereocenters. The number of benzene rings is 1. The highest BCUT2D eigenvalue weighted by Gasteiger charge is 2.27. The monoisotopic (exact) mass is 378 g/mol. The van der Waals surface area contributed by atoms with Crippen LogP contribution in [0.25, 0.3) is 5.69 Å². The van der Waals surface area contributed by atoms with Gasteiger partial charge in [0.25, 0.3) is 5.91 Å². The third-order valence-electron chi connectivity index (χ3n) is 4.97. The second-order valence-corrected chi connectivity index (χ2v) is 6.96. The predicted octanol–water partition coefficient (Wildman–Crippen LogP) is 3.06. The molecule has 0 aliphatic carbocycles. The summed E-state index contributed by atoms with van der Waals surface area (Å²) in [5.41, 5.74) is 5.23. The SMILES string of the molecule is COc1nc(C(=O)N[C@H]2COc3cc(C)c(C)cc32)ccc1-n1cnc(C)c1. The molecule has 1 aliphatic heterocycles. The summed E-state index contributed by atoms with van der Waals surface area (Å²) in [4.78, 5) is 21.4. The smallest absolute Gasteiger partial charge is 0.270 e. The Morgan fingerprint density at radius 2 is 2.04 bits per heavy atom. The first-order valence-electron chi connectivity index (χ1n) is 9.07. The molecule has 0 saturated heterocycles. The number of ether oxygens (including phenoxy) is 2. The average molecular weight is 378 g/mol. The van der Waals surface area contributed by atoms with Gasteiger partial charge in [0.15, 0.2) is 0 Å². The lowest BCUT2D eigenvalue weighted by molar-refractivity contribution is 0.0924.